The van der Waals surface area contributed by atoms with Gasteiger partial charge >= 0.3 is 0 Å². The first kappa shape index (κ1) is 18.4. The minimum Gasteiger partial charge on any atom is -0.457 e. The van der Waals surface area contributed by atoms with Gasteiger partial charge in [-0.05, 0) is 67.1 Å². The summed E-state index contributed by atoms with van der Waals surface area (Å²) in [7, 11) is 0. The predicted octanol–water partition coefficient (Wildman–Crippen LogP) is 5.59. The van der Waals surface area contributed by atoms with Gasteiger partial charge in [-0.15, -0.1) is 0 Å². The van der Waals surface area contributed by atoms with Crippen molar-refractivity contribution in [2.75, 3.05) is 5.32 Å². The van der Waals surface area contributed by atoms with E-state index in [0.717, 1.165) is 5.56 Å². The molecular weight excluding hydrogens is 367 g/mol. The second-order valence-corrected chi connectivity index (χ2v) is 6.23. The molecule has 6 heteroatoms. The van der Waals surface area contributed by atoms with Crippen molar-refractivity contribution in [3.05, 3.63) is 82.3 Å². The summed E-state index contributed by atoms with van der Waals surface area (Å²) in [5.74, 6) is -0.0194. The van der Waals surface area contributed by atoms with Gasteiger partial charge in [-0.3, -0.25) is 4.79 Å². The van der Waals surface area contributed by atoms with E-state index < -0.39 is 5.91 Å². The number of benzene rings is 2. The maximum Gasteiger partial charge on any atom is 0.266 e. The summed E-state index contributed by atoms with van der Waals surface area (Å²) in [6.07, 6.45) is 1.35. The van der Waals surface area contributed by atoms with E-state index in [9.17, 15) is 14.4 Å². The molecule has 0 unspecified atom stereocenters. The standard InChI is InChI=1S/C21H14ClFN2O2/c1-13-10-17(6-8-19(13)23)25-21(26)15(12-24)11-18-7-9-20(27-18)14-2-4-16(22)5-3-14/h2-11H,1H3,(H,25,26). The molecule has 1 amide bonds. The van der Waals surface area contributed by atoms with E-state index in [2.05, 4.69) is 5.32 Å². The van der Waals surface area contributed by atoms with Gasteiger partial charge in [-0.25, -0.2) is 4.39 Å². The summed E-state index contributed by atoms with van der Waals surface area (Å²) in [6.45, 7) is 1.59. The van der Waals surface area contributed by atoms with Crippen molar-refractivity contribution in [2.24, 2.45) is 0 Å². The van der Waals surface area contributed by atoms with Gasteiger partial charge in [0, 0.05) is 22.3 Å². The van der Waals surface area contributed by atoms with Crippen molar-refractivity contribution in [1.82, 2.24) is 0 Å². The van der Waals surface area contributed by atoms with Gasteiger partial charge in [0.25, 0.3) is 5.91 Å². The molecule has 1 heterocycles. The molecule has 0 aliphatic rings. The van der Waals surface area contributed by atoms with Gasteiger partial charge in [0.05, 0.1) is 0 Å². The molecule has 0 atom stereocenters. The molecule has 0 aliphatic heterocycles. The van der Waals surface area contributed by atoms with Crippen LogP contribution in [0.25, 0.3) is 17.4 Å². The number of nitriles is 1. The molecule has 27 heavy (non-hydrogen) atoms. The van der Waals surface area contributed by atoms with Crippen molar-refractivity contribution in [2.45, 2.75) is 6.92 Å². The number of amides is 1. The summed E-state index contributed by atoms with van der Waals surface area (Å²) >= 11 is 5.87. The fraction of sp³-hybridized carbons (Fsp3) is 0.0476. The first-order valence-electron chi connectivity index (χ1n) is 8.01. The lowest BCUT2D eigenvalue weighted by molar-refractivity contribution is -0.112. The van der Waals surface area contributed by atoms with E-state index >= 15 is 0 Å². The van der Waals surface area contributed by atoms with E-state index in [4.69, 9.17) is 16.0 Å². The zero-order chi connectivity index (χ0) is 19.4. The third kappa shape index (κ3) is 4.43. The molecule has 0 radical (unpaired) electrons. The average Bonchev–Trinajstić information content (AvgIpc) is 3.12. The van der Waals surface area contributed by atoms with E-state index in [0.29, 0.717) is 27.8 Å². The number of halogens is 2. The molecule has 0 spiro atoms. The minimum absolute atomic E-state index is 0.131. The van der Waals surface area contributed by atoms with Crippen molar-refractivity contribution < 1.29 is 13.6 Å². The summed E-state index contributed by atoms with van der Waals surface area (Å²) in [6, 6.07) is 16.5. The van der Waals surface area contributed by atoms with Gasteiger partial charge in [-0.2, -0.15) is 5.26 Å². The van der Waals surface area contributed by atoms with Crippen LogP contribution in [-0.4, -0.2) is 5.91 Å². The van der Waals surface area contributed by atoms with Crippen LogP contribution in [0.5, 0.6) is 0 Å². The molecule has 0 bridgehead atoms. The molecule has 1 N–H and O–H groups in total. The van der Waals surface area contributed by atoms with Gasteiger partial charge in [0.2, 0.25) is 0 Å². The van der Waals surface area contributed by atoms with Crippen LogP contribution in [0.2, 0.25) is 5.02 Å². The molecule has 0 fully saturated rings. The fourth-order valence-corrected chi connectivity index (χ4v) is 2.54. The van der Waals surface area contributed by atoms with Gasteiger partial charge < -0.3 is 9.73 Å². The van der Waals surface area contributed by atoms with Crippen LogP contribution in [0.1, 0.15) is 11.3 Å². The Morgan fingerprint density at radius 2 is 1.93 bits per heavy atom. The van der Waals surface area contributed by atoms with Crippen LogP contribution in [0, 0.1) is 24.1 Å². The molecule has 2 aromatic carbocycles. The lowest BCUT2D eigenvalue weighted by Gasteiger charge is -2.05. The molecule has 4 nitrogen and oxygen atoms in total. The Bertz CT molecular complexity index is 1060. The quantitative estimate of drug-likeness (QED) is 0.473. The Balaban J connectivity index is 1.79. The number of rotatable bonds is 4. The van der Waals surface area contributed by atoms with Crippen LogP contribution in [0.4, 0.5) is 10.1 Å². The molecule has 134 valence electrons. The van der Waals surface area contributed by atoms with Crippen LogP contribution < -0.4 is 5.32 Å². The van der Waals surface area contributed by atoms with Crippen LogP contribution in [-0.2, 0) is 4.79 Å². The van der Waals surface area contributed by atoms with E-state index in [1.807, 2.05) is 18.2 Å². The van der Waals surface area contributed by atoms with E-state index in [1.165, 1.54) is 24.3 Å². The smallest absolute Gasteiger partial charge is 0.266 e. The number of aryl methyl sites for hydroxylation is 1. The molecule has 0 aliphatic carbocycles. The van der Waals surface area contributed by atoms with Crippen molar-refractivity contribution in [1.29, 1.82) is 5.26 Å². The van der Waals surface area contributed by atoms with Gasteiger partial charge in [0.1, 0.15) is 29.0 Å². The number of anilines is 1. The second kappa shape index (κ2) is 7.90. The SMILES string of the molecule is Cc1cc(NC(=O)C(C#N)=Cc2ccc(-c3ccc(Cl)cc3)o2)ccc1F. The zero-order valence-corrected chi connectivity index (χ0v) is 15.0. The molecule has 3 aromatic rings. The summed E-state index contributed by atoms with van der Waals surface area (Å²) in [5, 5.41) is 12.5. The zero-order valence-electron chi connectivity index (χ0n) is 14.3. The Hall–Kier alpha value is -3.36. The average molecular weight is 381 g/mol. The molecule has 0 saturated heterocycles. The summed E-state index contributed by atoms with van der Waals surface area (Å²) in [5.41, 5.74) is 1.49. The number of hydrogen-bond acceptors (Lipinski definition) is 3. The monoisotopic (exact) mass is 380 g/mol. The van der Waals surface area contributed by atoms with Crippen molar-refractivity contribution in [3.8, 4) is 17.4 Å². The number of nitrogens with one attached hydrogen (secondary N) is 1. The number of hydrogen-bond donors (Lipinski definition) is 1. The number of furan rings is 1. The highest BCUT2D eigenvalue weighted by atomic mass is 35.5. The highest BCUT2D eigenvalue weighted by Crippen LogP contribution is 2.25. The van der Waals surface area contributed by atoms with E-state index in [1.54, 1.807) is 31.2 Å². The Labute approximate surface area is 160 Å². The first-order chi connectivity index (χ1) is 13.0. The maximum atomic E-state index is 13.3. The second-order valence-electron chi connectivity index (χ2n) is 5.80. The van der Waals surface area contributed by atoms with Gasteiger partial charge in [-0.1, -0.05) is 11.6 Å². The largest absolute Gasteiger partial charge is 0.457 e. The first-order valence-corrected chi connectivity index (χ1v) is 8.39. The Kier molecular flexibility index (Phi) is 5.39. The topological polar surface area (TPSA) is 66.0 Å². The van der Waals surface area contributed by atoms with Crippen LogP contribution in [0.15, 0.2) is 64.6 Å². The highest BCUT2D eigenvalue weighted by molar-refractivity contribution is 6.30. The normalized spacial score (nSPS) is 11.1. The van der Waals surface area contributed by atoms with Gasteiger partial charge in [0.15, 0.2) is 0 Å². The summed E-state index contributed by atoms with van der Waals surface area (Å²) < 4.78 is 19.0. The third-order valence-electron chi connectivity index (χ3n) is 3.82. The molecule has 3 rings (SSSR count). The Morgan fingerprint density at radius 3 is 2.59 bits per heavy atom. The van der Waals surface area contributed by atoms with E-state index in [-0.39, 0.29) is 11.4 Å². The number of carbonyl (C=O) groups is 1. The Morgan fingerprint density at radius 1 is 1.19 bits per heavy atom. The lowest BCUT2D eigenvalue weighted by Crippen LogP contribution is -2.13. The fourth-order valence-electron chi connectivity index (χ4n) is 2.41. The molecular formula is C21H14ClFN2O2. The molecule has 0 saturated carbocycles. The van der Waals surface area contributed by atoms with Crippen LogP contribution in [0.3, 0.4) is 0 Å². The third-order valence-corrected chi connectivity index (χ3v) is 4.07. The molecule has 1 aromatic heterocycles. The highest BCUT2D eigenvalue weighted by Gasteiger charge is 2.12. The predicted molar refractivity (Wildman–Crippen MR) is 103 cm³/mol. The van der Waals surface area contributed by atoms with Crippen molar-refractivity contribution in [3.63, 3.8) is 0 Å². The number of nitrogens with zero attached hydrogens (tertiary/aromatic N) is 1. The minimum atomic E-state index is -0.604. The lowest BCUT2D eigenvalue weighted by atomic mass is 10.2. The van der Waals surface area contributed by atoms with Crippen LogP contribution >= 0.6 is 11.6 Å². The van der Waals surface area contributed by atoms with Crippen molar-refractivity contribution >= 4 is 29.3 Å². The summed E-state index contributed by atoms with van der Waals surface area (Å²) in [4.78, 5) is 12.3. The number of carbonyl (C=O) groups excluding carboxylic acids is 1. The maximum absolute atomic E-state index is 13.3.